The third-order valence-corrected chi connectivity index (χ3v) is 5.38. The van der Waals surface area contributed by atoms with E-state index in [0.29, 0.717) is 23.5 Å². The maximum absolute atomic E-state index is 12.2. The second kappa shape index (κ2) is 11.3. The van der Waals surface area contributed by atoms with E-state index in [0.717, 1.165) is 30.2 Å². The molecule has 1 fully saturated rings. The fraction of sp³-hybridized carbons (Fsp3) is 0.318. The van der Waals surface area contributed by atoms with Gasteiger partial charge in [-0.25, -0.2) is 0 Å². The van der Waals surface area contributed by atoms with Crippen LogP contribution in [0.1, 0.15) is 36.5 Å². The van der Waals surface area contributed by atoms with Gasteiger partial charge in [-0.1, -0.05) is 48.2 Å². The van der Waals surface area contributed by atoms with Crippen LogP contribution in [0.25, 0.3) is 0 Å². The summed E-state index contributed by atoms with van der Waals surface area (Å²) in [6.45, 7) is 5.63. The lowest BCUT2D eigenvalue weighted by molar-refractivity contribution is -0.119. The molecule has 1 aliphatic heterocycles. The lowest BCUT2D eigenvalue weighted by atomic mass is 10.1. The summed E-state index contributed by atoms with van der Waals surface area (Å²) in [6, 6.07) is 6.90. The van der Waals surface area contributed by atoms with Crippen LogP contribution in [0.3, 0.4) is 0 Å². The number of Topliss-reactive ketones (excluding diaryl/α,β-unsaturated/α-hetero) is 1. The Labute approximate surface area is 175 Å². The Morgan fingerprint density at radius 3 is 2.76 bits per heavy atom. The second-order valence-corrected chi connectivity index (χ2v) is 7.56. The number of benzene rings is 1. The van der Waals surface area contributed by atoms with E-state index in [9.17, 15) is 14.4 Å². The molecule has 1 aliphatic rings. The van der Waals surface area contributed by atoms with Crippen LogP contribution in [0.4, 0.5) is 4.79 Å². The SMILES string of the molecule is C=C(/C=C\C(=C/C)CCCC1SC(=O)NC1=O)OCC(=O)c1cccc(OC)c1. The Morgan fingerprint density at radius 2 is 2.10 bits per heavy atom. The molecule has 1 saturated heterocycles. The van der Waals surface area contributed by atoms with Gasteiger partial charge in [0, 0.05) is 5.56 Å². The van der Waals surface area contributed by atoms with Crippen molar-refractivity contribution in [3.05, 3.63) is 66.0 Å². The van der Waals surface area contributed by atoms with Gasteiger partial charge in [-0.3, -0.25) is 19.7 Å². The van der Waals surface area contributed by atoms with E-state index in [4.69, 9.17) is 9.47 Å². The number of methoxy groups -OCH3 is 1. The first-order valence-corrected chi connectivity index (χ1v) is 10.1. The lowest BCUT2D eigenvalue weighted by Crippen LogP contribution is -2.24. The molecule has 1 N–H and O–H groups in total. The summed E-state index contributed by atoms with van der Waals surface area (Å²) in [6.07, 6.45) is 7.75. The summed E-state index contributed by atoms with van der Waals surface area (Å²) < 4.78 is 10.6. The summed E-state index contributed by atoms with van der Waals surface area (Å²) in [5.41, 5.74) is 1.58. The van der Waals surface area contributed by atoms with Crippen LogP contribution in [-0.4, -0.2) is 35.9 Å². The predicted octanol–water partition coefficient (Wildman–Crippen LogP) is 4.43. The first-order chi connectivity index (χ1) is 13.9. The molecule has 2 rings (SSSR count). The van der Waals surface area contributed by atoms with Gasteiger partial charge in [-0.15, -0.1) is 0 Å². The molecule has 0 spiro atoms. The summed E-state index contributed by atoms with van der Waals surface area (Å²) in [4.78, 5) is 35.0. The molecule has 0 saturated carbocycles. The monoisotopic (exact) mass is 415 g/mol. The van der Waals surface area contributed by atoms with Gasteiger partial charge in [-0.2, -0.15) is 0 Å². The van der Waals surface area contributed by atoms with Gasteiger partial charge in [0.2, 0.25) is 5.91 Å². The first-order valence-electron chi connectivity index (χ1n) is 9.26. The van der Waals surface area contributed by atoms with Crippen LogP contribution in [0.2, 0.25) is 0 Å². The number of thioether (sulfide) groups is 1. The number of carbonyl (C=O) groups excluding carboxylic acids is 3. The van der Waals surface area contributed by atoms with Crippen LogP contribution < -0.4 is 10.1 Å². The Balaban J connectivity index is 1.75. The number of hydrogen-bond acceptors (Lipinski definition) is 6. The van der Waals surface area contributed by atoms with Crippen LogP contribution in [0.15, 0.2) is 60.4 Å². The highest BCUT2D eigenvalue weighted by molar-refractivity contribution is 8.15. The zero-order chi connectivity index (χ0) is 21.2. The molecule has 0 aliphatic carbocycles. The van der Waals surface area contributed by atoms with E-state index in [-0.39, 0.29) is 28.8 Å². The number of allylic oxidation sites excluding steroid dienone is 4. The van der Waals surface area contributed by atoms with Crippen molar-refractivity contribution < 1.29 is 23.9 Å². The summed E-state index contributed by atoms with van der Waals surface area (Å²) in [5, 5.41) is 1.72. The topological polar surface area (TPSA) is 81.7 Å². The molecule has 1 unspecified atom stereocenters. The number of imide groups is 1. The van der Waals surface area contributed by atoms with Crippen LogP contribution in [0, 0.1) is 0 Å². The van der Waals surface area contributed by atoms with E-state index >= 15 is 0 Å². The molecule has 2 amide bonds. The van der Waals surface area contributed by atoms with E-state index < -0.39 is 0 Å². The highest BCUT2D eigenvalue weighted by Crippen LogP contribution is 2.24. The van der Waals surface area contributed by atoms with Crippen molar-refractivity contribution in [3.63, 3.8) is 0 Å². The average Bonchev–Trinajstić information content (AvgIpc) is 3.05. The van der Waals surface area contributed by atoms with Gasteiger partial charge in [0.15, 0.2) is 12.4 Å². The molecular formula is C22H25NO5S. The lowest BCUT2D eigenvalue weighted by Gasteiger charge is -2.08. The molecule has 1 heterocycles. The Bertz CT molecular complexity index is 843. The van der Waals surface area contributed by atoms with Gasteiger partial charge in [-0.05, 0) is 44.4 Å². The minimum atomic E-state index is -0.300. The number of ether oxygens (including phenoxy) is 2. The minimum absolute atomic E-state index is 0.108. The largest absolute Gasteiger partial charge is 0.497 e. The van der Waals surface area contributed by atoms with Gasteiger partial charge < -0.3 is 9.47 Å². The first kappa shape index (κ1) is 22.5. The van der Waals surface area contributed by atoms with Crippen molar-refractivity contribution in [2.75, 3.05) is 13.7 Å². The van der Waals surface area contributed by atoms with E-state index in [1.54, 1.807) is 37.5 Å². The fourth-order valence-electron chi connectivity index (χ4n) is 2.68. The highest BCUT2D eigenvalue weighted by Gasteiger charge is 2.30. The van der Waals surface area contributed by atoms with Gasteiger partial charge in [0.05, 0.1) is 12.4 Å². The van der Waals surface area contributed by atoms with Gasteiger partial charge in [0.25, 0.3) is 5.24 Å². The summed E-state index contributed by atoms with van der Waals surface area (Å²) in [7, 11) is 1.55. The molecule has 0 radical (unpaired) electrons. The number of nitrogens with one attached hydrogen (secondary N) is 1. The molecule has 0 bridgehead atoms. The maximum atomic E-state index is 12.2. The maximum Gasteiger partial charge on any atom is 0.286 e. The summed E-state index contributed by atoms with van der Waals surface area (Å²) >= 11 is 1.05. The van der Waals surface area contributed by atoms with E-state index in [1.807, 2.05) is 19.1 Å². The number of amides is 2. The van der Waals surface area contributed by atoms with E-state index in [1.165, 1.54) is 0 Å². The molecular weight excluding hydrogens is 390 g/mol. The number of carbonyl (C=O) groups is 3. The third-order valence-electron chi connectivity index (χ3n) is 4.33. The van der Waals surface area contributed by atoms with Crippen molar-refractivity contribution >= 4 is 28.7 Å². The minimum Gasteiger partial charge on any atom is -0.497 e. The smallest absolute Gasteiger partial charge is 0.286 e. The number of rotatable bonds is 11. The Morgan fingerprint density at radius 1 is 1.31 bits per heavy atom. The molecule has 7 heteroatoms. The molecule has 29 heavy (non-hydrogen) atoms. The molecule has 1 aromatic rings. The van der Waals surface area contributed by atoms with Crippen molar-refractivity contribution in [1.29, 1.82) is 0 Å². The molecule has 0 aromatic heterocycles. The quantitative estimate of drug-likeness (QED) is 0.327. The molecule has 154 valence electrons. The van der Waals surface area contributed by atoms with Crippen molar-refractivity contribution in [1.82, 2.24) is 5.32 Å². The molecule has 6 nitrogen and oxygen atoms in total. The zero-order valence-electron chi connectivity index (χ0n) is 16.6. The predicted molar refractivity (Wildman–Crippen MR) is 114 cm³/mol. The second-order valence-electron chi connectivity index (χ2n) is 6.38. The molecule has 1 atom stereocenters. The standard InChI is InChI=1S/C22H25NO5S/c1-4-16(7-5-10-20-21(25)23-22(26)29-20)12-11-15(2)28-14-19(24)17-8-6-9-18(13-17)27-3/h4,6,8-9,11-13,20H,2,5,7,10,14H2,1,3H3,(H,23,25,26)/b12-11-,16-4-. The number of ketones is 1. The molecule has 1 aromatic carbocycles. The average molecular weight is 416 g/mol. The van der Waals surface area contributed by atoms with Crippen molar-refractivity contribution in [3.8, 4) is 5.75 Å². The van der Waals surface area contributed by atoms with Crippen LogP contribution >= 0.6 is 11.8 Å². The van der Waals surface area contributed by atoms with Gasteiger partial charge >= 0.3 is 0 Å². The van der Waals surface area contributed by atoms with E-state index in [2.05, 4.69) is 11.9 Å². The fourth-order valence-corrected chi connectivity index (χ4v) is 3.55. The van der Waals surface area contributed by atoms with Crippen LogP contribution in [-0.2, 0) is 9.53 Å². The Kier molecular flexibility index (Phi) is 8.73. The Hall–Kier alpha value is -2.80. The van der Waals surface area contributed by atoms with Crippen molar-refractivity contribution in [2.45, 2.75) is 31.4 Å². The van der Waals surface area contributed by atoms with Crippen LogP contribution in [0.5, 0.6) is 5.75 Å². The summed E-state index contributed by atoms with van der Waals surface area (Å²) in [5.74, 6) is 0.633. The number of hydrogen-bond donors (Lipinski definition) is 1. The highest BCUT2D eigenvalue weighted by atomic mass is 32.2. The zero-order valence-corrected chi connectivity index (χ0v) is 17.4. The van der Waals surface area contributed by atoms with Gasteiger partial charge in [0.1, 0.15) is 11.5 Å². The van der Waals surface area contributed by atoms with Crippen molar-refractivity contribution in [2.24, 2.45) is 0 Å². The normalized spacial score (nSPS) is 16.8. The third kappa shape index (κ3) is 7.27.